The minimum Gasteiger partial charge on any atom is -0.501 e. The zero-order valence-corrected chi connectivity index (χ0v) is 30.0. The van der Waals surface area contributed by atoms with Crippen molar-refractivity contribution in [2.45, 2.75) is 57.8 Å². The summed E-state index contributed by atoms with van der Waals surface area (Å²) in [5.74, 6) is 0.824. The van der Waals surface area contributed by atoms with E-state index < -0.39 is 0 Å². The van der Waals surface area contributed by atoms with Crippen molar-refractivity contribution in [3.63, 3.8) is 0 Å². The summed E-state index contributed by atoms with van der Waals surface area (Å²) < 4.78 is 6.16. The molecule has 1 saturated carbocycles. The first-order valence-corrected chi connectivity index (χ1v) is 16.8. The Balaban J connectivity index is 0.000000168. The van der Waals surface area contributed by atoms with Gasteiger partial charge in [-0.1, -0.05) is 129 Å². The van der Waals surface area contributed by atoms with Crippen LogP contribution in [0.1, 0.15) is 62.6 Å². The van der Waals surface area contributed by atoms with E-state index in [0.29, 0.717) is 0 Å². The minimum absolute atomic E-state index is 0. The molecular formula is C44H40IrN2O-2. The fourth-order valence-corrected chi connectivity index (χ4v) is 7.03. The number of fused-ring (bicyclic) bond motifs is 3. The third-order valence-corrected chi connectivity index (χ3v) is 9.61. The van der Waals surface area contributed by atoms with Gasteiger partial charge in [-0.05, 0) is 52.9 Å². The molecular weight excluding hydrogens is 765 g/mol. The summed E-state index contributed by atoms with van der Waals surface area (Å²) in [7, 11) is 0. The predicted octanol–water partition coefficient (Wildman–Crippen LogP) is 11.4. The molecule has 0 bridgehead atoms. The molecule has 3 heterocycles. The van der Waals surface area contributed by atoms with Gasteiger partial charge in [-0.15, -0.1) is 53.6 Å². The summed E-state index contributed by atoms with van der Waals surface area (Å²) in [4.78, 5) is 9.12. The zero-order chi connectivity index (χ0) is 32.1. The molecule has 1 aliphatic rings. The Labute approximate surface area is 297 Å². The molecule has 0 saturated heterocycles. The summed E-state index contributed by atoms with van der Waals surface area (Å²) in [6.07, 6.45) is 11.8. The molecule has 1 aliphatic carbocycles. The molecule has 4 heteroatoms. The summed E-state index contributed by atoms with van der Waals surface area (Å²) in [5, 5.41) is 2.28. The van der Waals surface area contributed by atoms with Crippen molar-refractivity contribution in [2.24, 2.45) is 5.92 Å². The van der Waals surface area contributed by atoms with Crippen molar-refractivity contribution in [1.82, 2.24) is 9.97 Å². The van der Waals surface area contributed by atoms with Crippen LogP contribution in [0.5, 0.6) is 0 Å². The van der Waals surface area contributed by atoms with Crippen molar-refractivity contribution in [3.8, 4) is 22.5 Å². The first kappa shape index (κ1) is 33.5. The molecule has 0 atom stereocenters. The molecule has 8 rings (SSSR count). The first-order valence-electron chi connectivity index (χ1n) is 16.8. The fraction of sp³-hybridized carbons (Fsp3) is 0.227. The van der Waals surface area contributed by atoms with Crippen molar-refractivity contribution < 1.29 is 24.5 Å². The van der Waals surface area contributed by atoms with E-state index in [1.165, 1.54) is 48.8 Å². The number of pyridine rings is 2. The number of furan rings is 1. The third kappa shape index (κ3) is 7.21. The van der Waals surface area contributed by atoms with Crippen LogP contribution in [0.15, 0.2) is 132 Å². The fourth-order valence-electron chi connectivity index (χ4n) is 7.03. The first-order chi connectivity index (χ1) is 23.1. The molecule has 1 radical (unpaired) electrons. The Bertz CT molecular complexity index is 2080. The van der Waals surface area contributed by atoms with Crippen molar-refractivity contribution in [3.05, 3.63) is 156 Å². The van der Waals surface area contributed by atoms with Crippen LogP contribution in [0, 0.1) is 18.1 Å². The second-order valence-corrected chi connectivity index (χ2v) is 13.1. The monoisotopic (exact) mass is 805 g/mol. The van der Waals surface area contributed by atoms with Gasteiger partial charge in [0.25, 0.3) is 0 Å². The van der Waals surface area contributed by atoms with Crippen LogP contribution in [-0.4, -0.2) is 9.97 Å². The largest absolute Gasteiger partial charge is 0.501 e. The van der Waals surface area contributed by atoms with E-state index in [2.05, 4.69) is 103 Å². The maximum Gasteiger partial charge on any atom is 0.120 e. The molecule has 3 aromatic heterocycles. The van der Waals surface area contributed by atoms with Crippen LogP contribution in [0.2, 0.25) is 0 Å². The van der Waals surface area contributed by atoms with E-state index in [1.54, 1.807) is 0 Å². The molecule has 48 heavy (non-hydrogen) atoms. The van der Waals surface area contributed by atoms with Crippen LogP contribution in [0.3, 0.4) is 0 Å². The molecule has 0 unspecified atom stereocenters. The number of hydrogen-bond donors (Lipinski definition) is 0. The quantitative estimate of drug-likeness (QED) is 0.157. The van der Waals surface area contributed by atoms with Gasteiger partial charge in [-0.2, -0.15) is 0 Å². The Morgan fingerprint density at radius 3 is 2.25 bits per heavy atom. The second-order valence-electron chi connectivity index (χ2n) is 13.1. The van der Waals surface area contributed by atoms with E-state index in [1.807, 2.05) is 60.9 Å². The van der Waals surface area contributed by atoms with E-state index in [4.69, 9.17) is 4.42 Å². The van der Waals surface area contributed by atoms with Gasteiger partial charge in [0.1, 0.15) is 5.58 Å². The maximum atomic E-state index is 6.16. The SMILES string of the molecule is CC(C)(c1ccccc1)c1ccc[c-]c1-c1ccccn1.[Ir].[c-]1ccc2c(oc3ccccc32)c1-c1cc(CC2CCCCC2)ccn1. The van der Waals surface area contributed by atoms with Gasteiger partial charge in [-0.3, -0.25) is 0 Å². The summed E-state index contributed by atoms with van der Waals surface area (Å²) in [5.41, 5.74) is 9.60. The van der Waals surface area contributed by atoms with Gasteiger partial charge < -0.3 is 14.4 Å². The van der Waals surface area contributed by atoms with E-state index in [-0.39, 0.29) is 25.5 Å². The number of rotatable bonds is 6. The number of benzene rings is 4. The van der Waals surface area contributed by atoms with Gasteiger partial charge in [0, 0.05) is 37.9 Å². The normalized spacial score (nSPS) is 13.5. The van der Waals surface area contributed by atoms with Crippen LogP contribution in [-0.2, 0) is 31.9 Å². The zero-order valence-electron chi connectivity index (χ0n) is 27.6. The average molecular weight is 805 g/mol. The molecule has 0 N–H and O–H groups in total. The standard InChI is InChI=1S/C24H22NO.C20H18N.Ir/c1-2-7-17(8-3-1)15-18-13-14-25-22(16-18)21-11-6-10-20-19-9-4-5-12-23(19)26-24(20)21;1-20(2,16-10-4-3-5-11-16)18-13-7-6-12-17(18)19-14-8-9-15-21-19;/h4-6,9-10,12-14,16-17H,1-3,7-8,15H2;3-11,13-15H,1-2H3;/q2*-1;. The van der Waals surface area contributed by atoms with Crippen molar-refractivity contribution in [2.75, 3.05) is 0 Å². The molecule has 1 fully saturated rings. The minimum atomic E-state index is -0.0914. The molecule has 0 amide bonds. The summed E-state index contributed by atoms with van der Waals surface area (Å²) >= 11 is 0. The molecule has 243 valence electrons. The molecule has 0 spiro atoms. The topological polar surface area (TPSA) is 38.9 Å². The number of nitrogens with zero attached hydrogens (tertiary/aromatic N) is 2. The van der Waals surface area contributed by atoms with Crippen LogP contribution < -0.4 is 0 Å². The average Bonchev–Trinajstić information content (AvgIpc) is 3.52. The Kier molecular flexibility index (Phi) is 10.6. The maximum absolute atomic E-state index is 6.16. The van der Waals surface area contributed by atoms with Gasteiger partial charge in [-0.25, -0.2) is 0 Å². The van der Waals surface area contributed by atoms with Crippen LogP contribution in [0.25, 0.3) is 44.5 Å². The van der Waals surface area contributed by atoms with Gasteiger partial charge in [0.05, 0.1) is 5.58 Å². The Morgan fingerprint density at radius 1 is 0.688 bits per heavy atom. The molecule has 3 nitrogen and oxygen atoms in total. The van der Waals surface area contributed by atoms with Crippen molar-refractivity contribution >= 4 is 21.9 Å². The van der Waals surface area contributed by atoms with E-state index in [0.717, 1.165) is 56.8 Å². The number of hydrogen-bond acceptors (Lipinski definition) is 3. The van der Waals surface area contributed by atoms with Crippen LogP contribution in [0.4, 0.5) is 0 Å². The second kappa shape index (κ2) is 15.2. The van der Waals surface area contributed by atoms with Gasteiger partial charge in [0.15, 0.2) is 0 Å². The number of aromatic nitrogens is 2. The molecule has 7 aromatic rings. The molecule has 0 aliphatic heterocycles. The smallest absolute Gasteiger partial charge is 0.120 e. The van der Waals surface area contributed by atoms with Gasteiger partial charge >= 0.3 is 0 Å². The summed E-state index contributed by atoms with van der Waals surface area (Å²) in [6.45, 7) is 4.50. The van der Waals surface area contributed by atoms with E-state index >= 15 is 0 Å². The van der Waals surface area contributed by atoms with E-state index in [9.17, 15) is 0 Å². The predicted molar refractivity (Wildman–Crippen MR) is 193 cm³/mol. The summed E-state index contributed by atoms with van der Waals surface area (Å²) in [6, 6.07) is 46.1. The molecule has 4 aromatic carbocycles. The third-order valence-electron chi connectivity index (χ3n) is 9.61. The Morgan fingerprint density at radius 2 is 1.44 bits per heavy atom. The Hall–Kier alpha value is -4.37. The number of para-hydroxylation sites is 1. The van der Waals surface area contributed by atoms with Gasteiger partial charge in [0.2, 0.25) is 0 Å². The van der Waals surface area contributed by atoms with Crippen LogP contribution >= 0.6 is 0 Å². The van der Waals surface area contributed by atoms with Crippen molar-refractivity contribution in [1.29, 1.82) is 0 Å².